The summed E-state index contributed by atoms with van der Waals surface area (Å²) in [5.41, 5.74) is 1.50. The van der Waals surface area contributed by atoms with Gasteiger partial charge in [0, 0.05) is 16.3 Å². The number of hydrogen-bond donors (Lipinski definition) is 1. The third-order valence-corrected chi connectivity index (χ3v) is 5.58. The van der Waals surface area contributed by atoms with Crippen LogP contribution >= 0.6 is 23.4 Å². The molecule has 0 fully saturated rings. The van der Waals surface area contributed by atoms with Gasteiger partial charge in [-0.1, -0.05) is 41.6 Å². The van der Waals surface area contributed by atoms with Gasteiger partial charge in [-0.3, -0.25) is 9.36 Å². The van der Waals surface area contributed by atoms with Crippen LogP contribution in [0.1, 0.15) is 5.76 Å². The van der Waals surface area contributed by atoms with Crippen molar-refractivity contribution in [1.29, 1.82) is 0 Å². The van der Waals surface area contributed by atoms with Gasteiger partial charge in [0.25, 0.3) is 0 Å². The van der Waals surface area contributed by atoms with Crippen molar-refractivity contribution in [2.45, 2.75) is 11.7 Å². The molecule has 4 rings (SSSR count). The van der Waals surface area contributed by atoms with Crippen molar-refractivity contribution in [1.82, 2.24) is 14.8 Å². The standard InChI is InChI=1S/C22H19ClN4O3S/c1-29-18-8-2-5-15(11-18)21-25-26-22(27(21)13-19-9-4-10-30-19)31-14-20(28)24-17-7-3-6-16(23)12-17/h2-12H,13-14H2,1H3,(H,24,28). The minimum absolute atomic E-state index is 0.164. The van der Waals surface area contributed by atoms with Gasteiger partial charge in [0.2, 0.25) is 5.91 Å². The third-order valence-electron chi connectivity index (χ3n) is 4.38. The molecular formula is C22H19ClN4O3S. The van der Waals surface area contributed by atoms with E-state index >= 15 is 0 Å². The number of furan rings is 1. The Hall–Kier alpha value is -3.23. The molecule has 0 aliphatic heterocycles. The second-order valence-electron chi connectivity index (χ2n) is 6.55. The summed E-state index contributed by atoms with van der Waals surface area (Å²) in [6, 6.07) is 18.3. The second kappa shape index (κ2) is 9.72. The summed E-state index contributed by atoms with van der Waals surface area (Å²) in [7, 11) is 1.62. The molecule has 0 bridgehead atoms. The van der Waals surface area contributed by atoms with Gasteiger partial charge in [0.05, 0.1) is 25.7 Å². The van der Waals surface area contributed by atoms with E-state index in [1.807, 2.05) is 41.0 Å². The summed E-state index contributed by atoms with van der Waals surface area (Å²) in [6.07, 6.45) is 1.62. The number of anilines is 1. The lowest BCUT2D eigenvalue weighted by molar-refractivity contribution is -0.113. The Labute approximate surface area is 188 Å². The molecule has 7 nitrogen and oxygen atoms in total. The highest BCUT2D eigenvalue weighted by atomic mass is 35.5. The molecule has 0 unspecified atom stereocenters. The van der Waals surface area contributed by atoms with Crippen molar-refractivity contribution < 1.29 is 13.9 Å². The van der Waals surface area contributed by atoms with E-state index in [0.717, 1.165) is 17.1 Å². The first kappa shape index (κ1) is 21.0. The van der Waals surface area contributed by atoms with Crippen molar-refractivity contribution in [3.8, 4) is 17.1 Å². The molecule has 0 aliphatic rings. The van der Waals surface area contributed by atoms with Gasteiger partial charge in [-0.05, 0) is 42.5 Å². The van der Waals surface area contributed by atoms with E-state index in [-0.39, 0.29) is 11.7 Å². The molecule has 2 aromatic heterocycles. The van der Waals surface area contributed by atoms with Crippen LogP contribution in [0, 0.1) is 0 Å². The maximum absolute atomic E-state index is 12.4. The first-order chi connectivity index (χ1) is 15.1. The molecule has 0 radical (unpaired) electrons. The monoisotopic (exact) mass is 454 g/mol. The van der Waals surface area contributed by atoms with Crippen LogP contribution in [0.4, 0.5) is 5.69 Å². The zero-order valence-electron chi connectivity index (χ0n) is 16.6. The molecule has 0 atom stereocenters. The van der Waals surface area contributed by atoms with E-state index < -0.39 is 0 Å². The molecule has 4 aromatic rings. The van der Waals surface area contributed by atoms with Crippen LogP contribution in [0.3, 0.4) is 0 Å². The van der Waals surface area contributed by atoms with Crippen LogP contribution in [0.5, 0.6) is 5.75 Å². The Kier molecular flexibility index (Phi) is 6.59. The topological polar surface area (TPSA) is 82.2 Å². The molecule has 0 saturated carbocycles. The number of amides is 1. The van der Waals surface area contributed by atoms with Crippen LogP contribution in [0.25, 0.3) is 11.4 Å². The van der Waals surface area contributed by atoms with Gasteiger partial charge in [-0.2, -0.15) is 0 Å². The zero-order valence-corrected chi connectivity index (χ0v) is 18.2. The Morgan fingerprint density at radius 1 is 1.16 bits per heavy atom. The summed E-state index contributed by atoms with van der Waals surface area (Å²) in [5.74, 6) is 2.14. The van der Waals surface area contributed by atoms with E-state index in [1.54, 1.807) is 37.6 Å². The van der Waals surface area contributed by atoms with E-state index in [2.05, 4.69) is 15.5 Å². The SMILES string of the molecule is COc1cccc(-c2nnc(SCC(=O)Nc3cccc(Cl)c3)n2Cc2ccco2)c1. The van der Waals surface area contributed by atoms with Crippen LogP contribution in [-0.4, -0.2) is 33.5 Å². The number of carbonyl (C=O) groups excluding carboxylic acids is 1. The van der Waals surface area contributed by atoms with E-state index in [9.17, 15) is 4.79 Å². The number of ether oxygens (including phenoxy) is 1. The van der Waals surface area contributed by atoms with E-state index in [1.165, 1.54) is 11.8 Å². The predicted molar refractivity (Wildman–Crippen MR) is 121 cm³/mol. The minimum atomic E-state index is -0.164. The lowest BCUT2D eigenvalue weighted by atomic mass is 10.2. The summed E-state index contributed by atoms with van der Waals surface area (Å²) < 4.78 is 12.8. The first-order valence-corrected chi connectivity index (χ1v) is 10.8. The number of hydrogen-bond acceptors (Lipinski definition) is 6. The quantitative estimate of drug-likeness (QED) is 0.378. The highest BCUT2D eigenvalue weighted by molar-refractivity contribution is 7.99. The summed E-state index contributed by atoms with van der Waals surface area (Å²) in [5, 5.41) is 12.7. The smallest absolute Gasteiger partial charge is 0.234 e. The highest BCUT2D eigenvalue weighted by Crippen LogP contribution is 2.28. The first-order valence-electron chi connectivity index (χ1n) is 9.40. The van der Waals surface area contributed by atoms with E-state index in [4.69, 9.17) is 20.8 Å². The lowest BCUT2D eigenvalue weighted by Crippen LogP contribution is -2.14. The summed E-state index contributed by atoms with van der Waals surface area (Å²) >= 11 is 7.27. The fourth-order valence-corrected chi connectivity index (χ4v) is 3.89. The molecule has 9 heteroatoms. The van der Waals surface area contributed by atoms with Crippen LogP contribution in [-0.2, 0) is 11.3 Å². The molecule has 1 amide bonds. The number of nitrogens with zero attached hydrogens (tertiary/aromatic N) is 3. The number of nitrogens with one attached hydrogen (secondary N) is 1. The Bertz CT molecular complexity index is 1180. The average molecular weight is 455 g/mol. The normalized spacial score (nSPS) is 10.8. The molecule has 0 aliphatic carbocycles. The maximum atomic E-state index is 12.4. The van der Waals surface area contributed by atoms with Gasteiger partial charge >= 0.3 is 0 Å². The Balaban J connectivity index is 1.55. The van der Waals surface area contributed by atoms with Crippen molar-refractivity contribution in [2.75, 3.05) is 18.2 Å². The number of thioether (sulfide) groups is 1. The number of carbonyl (C=O) groups is 1. The average Bonchev–Trinajstić information content (AvgIpc) is 3.43. The maximum Gasteiger partial charge on any atom is 0.234 e. The molecule has 158 valence electrons. The summed E-state index contributed by atoms with van der Waals surface area (Å²) in [6.45, 7) is 0.435. The van der Waals surface area contributed by atoms with Crippen molar-refractivity contribution in [3.05, 3.63) is 77.7 Å². The number of benzene rings is 2. The molecule has 1 N–H and O–H groups in total. The molecule has 2 heterocycles. The van der Waals surface area contributed by atoms with Crippen LogP contribution in [0.2, 0.25) is 5.02 Å². The van der Waals surface area contributed by atoms with Crippen LogP contribution < -0.4 is 10.1 Å². The Morgan fingerprint density at radius 3 is 2.81 bits per heavy atom. The fourth-order valence-electron chi connectivity index (χ4n) is 2.97. The molecule has 2 aromatic carbocycles. The van der Waals surface area contributed by atoms with Crippen LogP contribution in [0.15, 0.2) is 76.5 Å². The Morgan fingerprint density at radius 2 is 2.03 bits per heavy atom. The van der Waals surface area contributed by atoms with Gasteiger partial charge in [0.1, 0.15) is 11.5 Å². The number of methoxy groups -OCH3 is 1. The van der Waals surface area contributed by atoms with Gasteiger partial charge < -0.3 is 14.5 Å². The van der Waals surface area contributed by atoms with Gasteiger partial charge in [0.15, 0.2) is 11.0 Å². The number of rotatable bonds is 8. The third kappa shape index (κ3) is 5.28. The summed E-state index contributed by atoms with van der Waals surface area (Å²) in [4.78, 5) is 12.4. The second-order valence-corrected chi connectivity index (χ2v) is 7.93. The molecule has 31 heavy (non-hydrogen) atoms. The largest absolute Gasteiger partial charge is 0.497 e. The lowest BCUT2D eigenvalue weighted by Gasteiger charge is -2.10. The minimum Gasteiger partial charge on any atom is -0.497 e. The number of halogens is 1. The highest BCUT2D eigenvalue weighted by Gasteiger charge is 2.17. The fraction of sp³-hybridized carbons (Fsp3) is 0.136. The van der Waals surface area contributed by atoms with Gasteiger partial charge in [-0.15, -0.1) is 10.2 Å². The zero-order chi connectivity index (χ0) is 21.6. The van der Waals surface area contributed by atoms with Gasteiger partial charge in [-0.25, -0.2) is 0 Å². The van der Waals surface area contributed by atoms with Crippen molar-refractivity contribution in [3.63, 3.8) is 0 Å². The predicted octanol–water partition coefficient (Wildman–Crippen LogP) is 4.98. The molecule has 0 saturated heterocycles. The molecule has 0 spiro atoms. The van der Waals surface area contributed by atoms with Crippen molar-refractivity contribution in [2.24, 2.45) is 0 Å². The number of aromatic nitrogens is 3. The van der Waals surface area contributed by atoms with E-state index in [0.29, 0.717) is 28.2 Å². The van der Waals surface area contributed by atoms with Crippen molar-refractivity contribution >= 4 is 35.0 Å². The molecular weight excluding hydrogens is 436 g/mol.